The standard InChI is InChI=1S/C23H18N8O/c24-15-7-4-8-16-17(15)23(32)31(14-5-2-1-3-6-14)22(29-16)18(13-9-10-13)30-21-19-20(26-11-25-19)27-12-28-21/h1-9,11-12,18H,10,24H2,(H2,25,26,27,28,30)/t18-/m0/s1. The van der Waals surface area contributed by atoms with Gasteiger partial charge in [0, 0.05) is 5.69 Å². The fraction of sp³-hybridized carbons (Fsp3) is 0.0870. The minimum absolute atomic E-state index is 0.211. The maximum Gasteiger partial charge on any atom is 0.268 e. The molecular weight excluding hydrogens is 404 g/mol. The quantitative estimate of drug-likeness (QED) is 0.293. The topological polar surface area (TPSA) is 127 Å². The molecule has 0 radical (unpaired) electrons. The highest BCUT2D eigenvalue weighted by molar-refractivity contribution is 5.90. The lowest BCUT2D eigenvalue weighted by atomic mass is 10.1. The summed E-state index contributed by atoms with van der Waals surface area (Å²) in [6.45, 7) is 0. The van der Waals surface area contributed by atoms with E-state index in [2.05, 4.69) is 31.3 Å². The number of nitrogens with two attached hydrogens (primary N) is 1. The second kappa shape index (κ2) is 7.02. The van der Waals surface area contributed by atoms with Crippen molar-refractivity contribution in [3.05, 3.63) is 89.0 Å². The molecule has 1 atom stereocenters. The molecule has 32 heavy (non-hydrogen) atoms. The van der Waals surface area contributed by atoms with E-state index in [1.807, 2.05) is 36.4 Å². The van der Waals surface area contributed by atoms with E-state index in [0.717, 1.165) is 12.0 Å². The Morgan fingerprint density at radius 3 is 2.72 bits per heavy atom. The van der Waals surface area contributed by atoms with Crippen molar-refractivity contribution in [2.75, 3.05) is 11.1 Å². The molecule has 156 valence electrons. The third-order valence-electron chi connectivity index (χ3n) is 5.54. The maximum atomic E-state index is 13.7. The molecule has 2 aromatic carbocycles. The van der Waals surface area contributed by atoms with Gasteiger partial charge in [0.2, 0.25) is 0 Å². The Kier molecular flexibility index (Phi) is 4.00. The van der Waals surface area contributed by atoms with Crippen molar-refractivity contribution in [3.63, 3.8) is 0 Å². The summed E-state index contributed by atoms with van der Waals surface area (Å²) in [4.78, 5) is 34.5. The number of nitrogen functional groups attached to an aromatic ring is 1. The largest absolute Gasteiger partial charge is 0.398 e. The molecule has 0 bridgehead atoms. The van der Waals surface area contributed by atoms with Crippen LogP contribution < -0.4 is 16.6 Å². The first-order valence-corrected chi connectivity index (χ1v) is 10.2. The Hall–Kier alpha value is -4.53. The van der Waals surface area contributed by atoms with Crippen LogP contribution in [0.15, 0.2) is 77.6 Å². The molecular formula is C23H18N8O. The number of imidazole rings is 1. The van der Waals surface area contributed by atoms with Gasteiger partial charge in [-0.05, 0) is 36.3 Å². The van der Waals surface area contributed by atoms with Crippen LogP contribution in [0.2, 0.25) is 0 Å². The number of benzene rings is 2. The molecule has 0 saturated carbocycles. The molecule has 0 amide bonds. The summed E-state index contributed by atoms with van der Waals surface area (Å²) < 4.78 is 1.63. The van der Waals surface area contributed by atoms with E-state index in [1.54, 1.807) is 23.0 Å². The molecule has 3 heterocycles. The molecule has 0 spiro atoms. The molecule has 1 aliphatic carbocycles. The van der Waals surface area contributed by atoms with Crippen molar-refractivity contribution in [2.24, 2.45) is 0 Å². The number of hydrogen-bond acceptors (Lipinski definition) is 7. The highest BCUT2D eigenvalue weighted by Crippen LogP contribution is 2.37. The van der Waals surface area contributed by atoms with Crippen LogP contribution in [0.3, 0.4) is 0 Å². The van der Waals surface area contributed by atoms with Gasteiger partial charge in [-0.3, -0.25) is 9.36 Å². The van der Waals surface area contributed by atoms with Gasteiger partial charge < -0.3 is 16.0 Å². The first kappa shape index (κ1) is 18.3. The molecule has 1 aliphatic rings. The van der Waals surface area contributed by atoms with Crippen LogP contribution in [0.1, 0.15) is 18.3 Å². The number of H-pyrrole nitrogens is 1. The maximum absolute atomic E-state index is 13.7. The fourth-order valence-electron chi connectivity index (χ4n) is 3.92. The molecule has 9 heteroatoms. The van der Waals surface area contributed by atoms with E-state index in [1.165, 1.54) is 6.33 Å². The van der Waals surface area contributed by atoms with Crippen LogP contribution in [-0.2, 0) is 0 Å². The molecule has 0 fully saturated rings. The lowest BCUT2D eigenvalue weighted by Crippen LogP contribution is -2.28. The zero-order valence-electron chi connectivity index (χ0n) is 16.9. The van der Waals surface area contributed by atoms with E-state index >= 15 is 0 Å². The number of anilines is 2. The van der Waals surface area contributed by atoms with Gasteiger partial charge in [0.1, 0.15) is 23.7 Å². The predicted molar refractivity (Wildman–Crippen MR) is 122 cm³/mol. The SMILES string of the molecule is Nc1cccc2nc([C@@H](Nc3ncnc4nc[nH]c34)C3=CC3)n(-c3ccccc3)c(=O)c12. The number of fused-ring (bicyclic) bond motifs is 2. The zero-order valence-corrected chi connectivity index (χ0v) is 16.9. The summed E-state index contributed by atoms with van der Waals surface area (Å²) in [5.41, 5.74) is 10.0. The molecule has 3 aromatic heterocycles. The van der Waals surface area contributed by atoms with Gasteiger partial charge in [-0.1, -0.05) is 30.3 Å². The van der Waals surface area contributed by atoms with Crippen molar-refractivity contribution in [2.45, 2.75) is 12.5 Å². The van der Waals surface area contributed by atoms with Crippen molar-refractivity contribution in [3.8, 4) is 5.69 Å². The average molecular weight is 422 g/mol. The Balaban J connectivity index is 1.60. The van der Waals surface area contributed by atoms with E-state index < -0.39 is 0 Å². The number of para-hydroxylation sites is 1. The van der Waals surface area contributed by atoms with Crippen LogP contribution >= 0.6 is 0 Å². The first-order chi connectivity index (χ1) is 15.7. The average Bonchev–Trinajstić information content (AvgIpc) is 3.53. The second-order valence-corrected chi connectivity index (χ2v) is 7.57. The van der Waals surface area contributed by atoms with E-state index in [0.29, 0.717) is 45.1 Å². The number of allylic oxidation sites excluding steroid dienone is 1. The summed E-state index contributed by atoms with van der Waals surface area (Å²) in [5.74, 6) is 1.15. The Morgan fingerprint density at radius 2 is 1.91 bits per heavy atom. The Labute approximate surface area is 181 Å². The highest BCUT2D eigenvalue weighted by Gasteiger charge is 2.29. The van der Waals surface area contributed by atoms with Crippen LogP contribution in [-0.4, -0.2) is 29.5 Å². The summed E-state index contributed by atoms with van der Waals surface area (Å²) in [6.07, 6.45) is 5.97. The third kappa shape index (κ3) is 2.90. The minimum atomic E-state index is -0.366. The highest BCUT2D eigenvalue weighted by atomic mass is 16.1. The number of aromatic nitrogens is 6. The van der Waals surface area contributed by atoms with Gasteiger partial charge in [0.25, 0.3) is 5.56 Å². The smallest absolute Gasteiger partial charge is 0.268 e. The first-order valence-electron chi connectivity index (χ1n) is 10.2. The van der Waals surface area contributed by atoms with Gasteiger partial charge >= 0.3 is 0 Å². The fourth-order valence-corrected chi connectivity index (χ4v) is 3.92. The Morgan fingerprint density at radius 1 is 1.06 bits per heavy atom. The number of aromatic amines is 1. The lowest BCUT2D eigenvalue weighted by molar-refractivity contribution is 0.762. The molecule has 0 saturated heterocycles. The number of rotatable bonds is 5. The van der Waals surface area contributed by atoms with Gasteiger partial charge in [0.15, 0.2) is 11.5 Å². The molecule has 4 N–H and O–H groups in total. The van der Waals surface area contributed by atoms with Gasteiger partial charge in [-0.15, -0.1) is 0 Å². The van der Waals surface area contributed by atoms with Crippen LogP contribution in [0.4, 0.5) is 11.5 Å². The monoisotopic (exact) mass is 422 g/mol. The van der Waals surface area contributed by atoms with E-state index in [4.69, 9.17) is 10.7 Å². The normalized spacial score (nSPS) is 13.8. The van der Waals surface area contributed by atoms with Gasteiger partial charge in [0.05, 0.1) is 22.9 Å². The predicted octanol–water partition coefficient (Wildman–Crippen LogP) is 3.12. The molecule has 5 aromatic rings. The number of nitrogens with zero attached hydrogens (tertiary/aromatic N) is 5. The third-order valence-corrected chi connectivity index (χ3v) is 5.54. The summed E-state index contributed by atoms with van der Waals surface area (Å²) in [6, 6.07) is 14.4. The van der Waals surface area contributed by atoms with Crippen molar-refractivity contribution in [1.29, 1.82) is 0 Å². The Bertz CT molecular complexity index is 1570. The second-order valence-electron chi connectivity index (χ2n) is 7.57. The van der Waals surface area contributed by atoms with Crippen molar-refractivity contribution in [1.82, 2.24) is 29.5 Å². The van der Waals surface area contributed by atoms with Gasteiger partial charge in [-0.2, -0.15) is 0 Å². The lowest BCUT2D eigenvalue weighted by Gasteiger charge is -2.22. The summed E-state index contributed by atoms with van der Waals surface area (Å²) >= 11 is 0. The van der Waals surface area contributed by atoms with E-state index in [-0.39, 0.29) is 11.6 Å². The van der Waals surface area contributed by atoms with E-state index in [9.17, 15) is 4.79 Å². The molecule has 6 rings (SSSR count). The zero-order chi connectivity index (χ0) is 21.7. The van der Waals surface area contributed by atoms with Crippen LogP contribution in [0.5, 0.6) is 0 Å². The summed E-state index contributed by atoms with van der Waals surface area (Å²) in [7, 11) is 0. The van der Waals surface area contributed by atoms with Gasteiger partial charge in [-0.25, -0.2) is 19.9 Å². The molecule has 0 unspecified atom stereocenters. The summed E-state index contributed by atoms with van der Waals surface area (Å²) in [5, 5.41) is 3.86. The van der Waals surface area contributed by atoms with Crippen molar-refractivity contribution < 1.29 is 0 Å². The van der Waals surface area contributed by atoms with Crippen LogP contribution in [0, 0.1) is 0 Å². The number of hydrogen-bond donors (Lipinski definition) is 3. The molecule has 9 nitrogen and oxygen atoms in total. The van der Waals surface area contributed by atoms with Crippen LogP contribution in [0.25, 0.3) is 27.8 Å². The minimum Gasteiger partial charge on any atom is -0.398 e. The van der Waals surface area contributed by atoms with Crippen molar-refractivity contribution >= 4 is 33.6 Å². The molecule has 0 aliphatic heterocycles. The number of nitrogens with one attached hydrogen (secondary N) is 2.